The van der Waals surface area contributed by atoms with E-state index in [0.717, 1.165) is 0 Å². The lowest BCUT2D eigenvalue weighted by molar-refractivity contribution is 0.407. The summed E-state index contributed by atoms with van der Waals surface area (Å²) in [5.41, 5.74) is 6.25. The van der Waals surface area contributed by atoms with Crippen molar-refractivity contribution in [1.29, 1.82) is 0 Å². The number of nitrogen functional groups attached to an aromatic ring is 1. The highest BCUT2D eigenvalue weighted by Gasteiger charge is 2.06. The smallest absolute Gasteiger partial charge is 0.336 e. The molecule has 1 aromatic carbocycles. The fourth-order valence-electron chi connectivity index (χ4n) is 1.32. The number of hydrogen-bond donors (Lipinski definition) is 1. The van der Waals surface area contributed by atoms with E-state index in [1.807, 2.05) is 0 Å². The van der Waals surface area contributed by atoms with Gasteiger partial charge < -0.3 is 14.9 Å². The number of methoxy groups -OCH3 is 1. The van der Waals surface area contributed by atoms with Crippen LogP contribution in [0.2, 0.25) is 0 Å². The van der Waals surface area contributed by atoms with Gasteiger partial charge in [0.05, 0.1) is 7.11 Å². The zero-order valence-corrected chi connectivity index (χ0v) is 7.61. The molecular weight excluding hydrogens is 182 g/mol. The molecule has 4 heteroatoms. The molecule has 0 spiro atoms. The van der Waals surface area contributed by atoms with Crippen LogP contribution in [0.1, 0.15) is 0 Å². The number of benzene rings is 1. The number of rotatable bonds is 1. The first kappa shape index (κ1) is 8.62. The van der Waals surface area contributed by atoms with Crippen LogP contribution in [0.3, 0.4) is 0 Å². The summed E-state index contributed by atoms with van der Waals surface area (Å²) < 4.78 is 10.1. The van der Waals surface area contributed by atoms with Crippen molar-refractivity contribution in [3.63, 3.8) is 0 Å². The molecule has 0 unspecified atom stereocenters. The zero-order chi connectivity index (χ0) is 10.1. The molecule has 0 bridgehead atoms. The molecule has 0 amide bonds. The largest absolute Gasteiger partial charge is 0.493 e. The summed E-state index contributed by atoms with van der Waals surface area (Å²) in [7, 11) is 1.51. The van der Waals surface area contributed by atoms with E-state index in [1.165, 1.54) is 13.2 Å². The molecule has 72 valence electrons. The third kappa shape index (κ3) is 1.21. The lowest BCUT2D eigenvalue weighted by atomic mass is 10.2. The van der Waals surface area contributed by atoms with E-state index in [4.69, 9.17) is 14.9 Å². The van der Waals surface area contributed by atoms with Gasteiger partial charge in [0.15, 0.2) is 11.3 Å². The molecule has 0 atom stereocenters. The highest BCUT2D eigenvalue weighted by Crippen LogP contribution is 2.28. The van der Waals surface area contributed by atoms with E-state index in [9.17, 15) is 4.79 Å². The molecule has 2 N–H and O–H groups in total. The van der Waals surface area contributed by atoms with Gasteiger partial charge in [0.1, 0.15) is 0 Å². The number of fused-ring (bicyclic) bond motifs is 1. The summed E-state index contributed by atoms with van der Waals surface area (Å²) in [6.07, 6.45) is 0. The van der Waals surface area contributed by atoms with Gasteiger partial charge >= 0.3 is 5.63 Å². The van der Waals surface area contributed by atoms with Crippen molar-refractivity contribution in [3.8, 4) is 5.75 Å². The summed E-state index contributed by atoms with van der Waals surface area (Å²) in [6.45, 7) is 0. The second kappa shape index (κ2) is 3.06. The molecule has 1 heterocycles. The molecule has 4 nitrogen and oxygen atoms in total. The van der Waals surface area contributed by atoms with Crippen molar-refractivity contribution >= 4 is 16.7 Å². The minimum atomic E-state index is -0.415. The lowest BCUT2D eigenvalue weighted by Crippen LogP contribution is -1.98. The quantitative estimate of drug-likeness (QED) is 0.546. The van der Waals surface area contributed by atoms with Crippen molar-refractivity contribution in [2.75, 3.05) is 12.8 Å². The van der Waals surface area contributed by atoms with E-state index >= 15 is 0 Å². The molecule has 0 aliphatic heterocycles. The average Bonchev–Trinajstić information content (AvgIpc) is 2.18. The first-order chi connectivity index (χ1) is 6.72. The van der Waals surface area contributed by atoms with Crippen molar-refractivity contribution in [3.05, 3.63) is 34.7 Å². The fourth-order valence-corrected chi connectivity index (χ4v) is 1.32. The number of ether oxygens (including phenoxy) is 1. The van der Waals surface area contributed by atoms with Crippen molar-refractivity contribution in [1.82, 2.24) is 0 Å². The Hall–Kier alpha value is -1.97. The first-order valence-electron chi connectivity index (χ1n) is 4.08. The molecule has 2 aromatic rings. The van der Waals surface area contributed by atoms with E-state index < -0.39 is 5.63 Å². The third-order valence-corrected chi connectivity index (χ3v) is 2.00. The Labute approximate surface area is 79.9 Å². The van der Waals surface area contributed by atoms with Gasteiger partial charge in [0.25, 0.3) is 0 Å². The van der Waals surface area contributed by atoms with Gasteiger partial charge in [0.2, 0.25) is 0 Å². The molecule has 0 saturated heterocycles. The molecule has 2 rings (SSSR count). The molecular formula is C10H9NO3. The van der Waals surface area contributed by atoms with E-state index in [0.29, 0.717) is 22.4 Å². The molecule has 0 radical (unpaired) electrons. The van der Waals surface area contributed by atoms with Crippen molar-refractivity contribution in [2.24, 2.45) is 0 Å². The van der Waals surface area contributed by atoms with Gasteiger partial charge in [-0.15, -0.1) is 0 Å². The van der Waals surface area contributed by atoms with Crippen LogP contribution in [-0.4, -0.2) is 7.11 Å². The SMILES string of the molecule is COc1ccc(N)c2ccc(=O)oc12. The van der Waals surface area contributed by atoms with Crippen molar-refractivity contribution in [2.45, 2.75) is 0 Å². The first-order valence-corrected chi connectivity index (χ1v) is 4.08. The number of nitrogens with two attached hydrogens (primary N) is 1. The number of anilines is 1. The van der Waals surface area contributed by atoms with Crippen LogP contribution in [0.25, 0.3) is 11.0 Å². The predicted octanol–water partition coefficient (Wildman–Crippen LogP) is 1.38. The van der Waals surface area contributed by atoms with Gasteiger partial charge in [-0.25, -0.2) is 4.79 Å². The summed E-state index contributed by atoms with van der Waals surface area (Å²) in [6, 6.07) is 6.33. The molecule has 0 aliphatic rings. The van der Waals surface area contributed by atoms with Crippen LogP contribution in [0.15, 0.2) is 33.5 Å². The Balaban J connectivity index is 2.92. The molecule has 14 heavy (non-hydrogen) atoms. The second-order valence-electron chi connectivity index (χ2n) is 2.85. The minimum Gasteiger partial charge on any atom is -0.493 e. The maximum Gasteiger partial charge on any atom is 0.336 e. The van der Waals surface area contributed by atoms with Gasteiger partial charge in [0, 0.05) is 17.1 Å². The Morgan fingerprint density at radius 1 is 1.29 bits per heavy atom. The topological polar surface area (TPSA) is 65.5 Å². The fraction of sp³-hybridized carbons (Fsp3) is 0.100. The summed E-state index contributed by atoms with van der Waals surface area (Å²) in [5, 5.41) is 0.684. The van der Waals surface area contributed by atoms with E-state index in [-0.39, 0.29) is 0 Å². The minimum absolute atomic E-state index is 0.389. The average molecular weight is 191 g/mol. The summed E-state index contributed by atoms with van der Waals surface area (Å²) in [5.74, 6) is 0.506. The van der Waals surface area contributed by atoms with Gasteiger partial charge in [-0.1, -0.05) is 0 Å². The Morgan fingerprint density at radius 2 is 2.07 bits per heavy atom. The second-order valence-corrected chi connectivity index (χ2v) is 2.85. The van der Waals surface area contributed by atoms with E-state index in [1.54, 1.807) is 18.2 Å². The van der Waals surface area contributed by atoms with Crippen LogP contribution in [0.4, 0.5) is 5.69 Å². The Morgan fingerprint density at radius 3 is 2.79 bits per heavy atom. The Bertz CT molecular complexity index is 530. The standard InChI is InChI=1S/C10H9NO3/c1-13-8-4-3-7(11)6-2-5-9(12)14-10(6)8/h2-5H,11H2,1H3. The van der Waals surface area contributed by atoms with Crippen LogP contribution in [0.5, 0.6) is 5.75 Å². The molecule has 0 aliphatic carbocycles. The van der Waals surface area contributed by atoms with Crippen LogP contribution in [0, 0.1) is 0 Å². The number of hydrogen-bond acceptors (Lipinski definition) is 4. The van der Waals surface area contributed by atoms with Crippen LogP contribution in [-0.2, 0) is 0 Å². The maximum absolute atomic E-state index is 11.0. The predicted molar refractivity (Wildman–Crippen MR) is 53.4 cm³/mol. The maximum atomic E-state index is 11.0. The summed E-state index contributed by atoms with van der Waals surface area (Å²) in [4.78, 5) is 11.0. The lowest BCUT2D eigenvalue weighted by Gasteiger charge is -2.04. The molecule has 1 aromatic heterocycles. The van der Waals surface area contributed by atoms with Gasteiger partial charge in [-0.2, -0.15) is 0 Å². The molecule has 0 fully saturated rings. The van der Waals surface area contributed by atoms with Crippen LogP contribution >= 0.6 is 0 Å². The van der Waals surface area contributed by atoms with Gasteiger partial charge in [-0.3, -0.25) is 0 Å². The molecule has 0 saturated carbocycles. The Kier molecular flexibility index (Phi) is 1.89. The van der Waals surface area contributed by atoms with Crippen molar-refractivity contribution < 1.29 is 9.15 Å². The van der Waals surface area contributed by atoms with E-state index in [2.05, 4.69) is 0 Å². The summed E-state index contributed by atoms with van der Waals surface area (Å²) >= 11 is 0. The van der Waals surface area contributed by atoms with Crippen LogP contribution < -0.4 is 16.1 Å². The van der Waals surface area contributed by atoms with Gasteiger partial charge in [-0.05, 0) is 18.2 Å². The third-order valence-electron chi connectivity index (χ3n) is 2.00. The monoisotopic (exact) mass is 191 g/mol. The highest BCUT2D eigenvalue weighted by atomic mass is 16.5. The zero-order valence-electron chi connectivity index (χ0n) is 7.61. The highest BCUT2D eigenvalue weighted by molar-refractivity contribution is 5.92. The normalized spacial score (nSPS) is 10.4.